The van der Waals surface area contributed by atoms with Crippen LogP contribution in [0.25, 0.3) is 10.9 Å². The van der Waals surface area contributed by atoms with E-state index in [2.05, 4.69) is 62.7 Å². The molecule has 0 aliphatic carbocycles. The molecule has 2 aromatic carbocycles. The van der Waals surface area contributed by atoms with E-state index in [1.165, 1.54) is 5.56 Å². The first kappa shape index (κ1) is 22.0. The van der Waals surface area contributed by atoms with E-state index < -0.39 is 6.04 Å². The van der Waals surface area contributed by atoms with Gasteiger partial charge in [-0.25, -0.2) is 4.68 Å². The van der Waals surface area contributed by atoms with Crippen LogP contribution in [0.3, 0.4) is 0 Å². The first-order valence-electron chi connectivity index (χ1n) is 12.4. The maximum absolute atomic E-state index is 13.6. The quantitative estimate of drug-likeness (QED) is 0.477. The van der Waals surface area contributed by atoms with Crippen LogP contribution in [0.2, 0.25) is 0 Å². The summed E-state index contributed by atoms with van der Waals surface area (Å²) in [5.74, 6) is 0.673. The molecular weight excluding hydrogens is 440 g/mol. The lowest BCUT2D eigenvalue weighted by molar-refractivity contribution is 0.0924. The van der Waals surface area contributed by atoms with Crippen molar-refractivity contribution in [3.05, 3.63) is 80.9 Å². The van der Waals surface area contributed by atoms with Crippen LogP contribution in [0.15, 0.2) is 47.3 Å². The van der Waals surface area contributed by atoms with Crippen molar-refractivity contribution in [2.24, 2.45) is 0 Å². The standard InChI is InChI=1S/C27H30N6O2/c1-17-13-18(2)21-15-22(27(34)28-23(21)14-17)25(32-11-5-8-19-7-3-4-10-24(19)32)26-29-30-31-33(26)16-20-9-6-12-35-20/h3-4,7,10,13-15,20,25H,5-6,8-9,11-12,16H2,1-2H3,(H,28,34). The Bertz CT molecular complexity index is 1440. The Morgan fingerprint density at radius 2 is 2.06 bits per heavy atom. The zero-order chi connectivity index (χ0) is 23.9. The van der Waals surface area contributed by atoms with E-state index in [9.17, 15) is 4.79 Å². The SMILES string of the molecule is Cc1cc(C)c2cc(C(c3nnnn3CC3CCCO3)N3CCCc4ccccc43)c(=O)[nH]c2c1. The van der Waals surface area contributed by atoms with Gasteiger partial charge in [-0.15, -0.1) is 5.10 Å². The second-order valence-electron chi connectivity index (χ2n) is 9.78. The van der Waals surface area contributed by atoms with Crippen molar-refractivity contribution in [1.82, 2.24) is 25.2 Å². The summed E-state index contributed by atoms with van der Waals surface area (Å²) in [5.41, 5.74) is 6.08. The van der Waals surface area contributed by atoms with Gasteiger partial charge in [0.2, 0.25) is 0 Å². The first-order chi connectivity index (χ1) is 17.1. The number of aromatic amines is 1. The van der Waals surface area contributed by atoms with E-state index in [0.29, 0.717) is 17.9 Å². The minimum absolute atomic E-state index is 0.0895. The van der Waals surface area contributed by atoms with E-state index in [4.69, 9.17) is 4.74 Å². The summed E-state index contributed by atoms with van der Waals surface area (Å²) in [5, 5.41) is 13.9. The Balaban J connectivity index is 1.54. The third-order valence-electron chi connectivity index (χ3n) is 7.30. The number of anilines is 1. The summed E-state index contributed by atoms with van der Waals surface area (Å²) in [6.07, 6.45) is 4.16. The maximum atomic E-state index is 13.6. The van der Waals surface area contributed by atoms with Gasteiger partial charge in [0.1, 0.15) is 6.04 Å². The molecule has 35 heavy (non-hydrogen) atoms. The molecule has 0 bridgehead atoms. The van der Waals surface area contributed by atoms with Gasteiger partial charge in [0.15, 0.2) is 5.82 Å². The highest BCUT2D eigenvalue weighted by Crippen LogP contribution is 2.37. The molecule has 0 spiro atoms. The summed E-state index contributed by atoms with van der Waals surface area (Å²) in [6.45, 7) is 6.31. The van der Waals surface area contributed by atoms with Gasteiger partial charge in [0.05, 0.1) is 12.6 Å². The van der Waals surface area contributed by atoms with Gasteiger partial charge in [-0.05, 0) is 84.8 Å². The lowest BCUT2D eigenvalue weighted by Gasteiger charge is -2.37. The van der Waals surface area contributed by atoms with Crippen LogP contribution in [0.5, 0.6) is 0 Å². The molecule has 2 aliphatic heterocycles. The number of para-hydroxylation sites is 1. The lowest BCUT2D eigenvalue weighted by atomic mass is 9.95. The van der Waals surface area contributed by atoms with Crippen molar-refractivity contribution in [3.8, 4) is 0 Å². The molecule has 4 heterocycles. The fraction of sp³-hybridized carbons (Fsp3) is 0.407. The molecular formula is C27H30N6O2. The number of aromatic nitrogens is 5. The minimum Gasteiger partial charge on any atom is -0.376 e. The van der Waals surface area contributed by atoms with E-state index >= 15 is 0 Å². The predicted octanol–water partition coefficient (Wildman–Crippen LogP) is 3.85. The summed E-state index contributed by atoms with van der Waals surface area (Å²) in [6, 6.07) is 14.2. The predicted molar refractivity (Wildman–Crippen MR) is 135 cm³/mol. The van der Waals surface area contributed by atoms with Crippen LogP contribution in [-0.2, 0) is 17.7 Å². The molecule has 1 saturated heterocycles. The van der Waals surface area contributed by atoms with Gasteiger partial charge in [-0.2, -0.15) is 0 Å². The van der Waals surface area contributed by atoms with Crippen LogP contribution in [0.4, 0.5) is 5.69 Å². The largest absolute Gasteiger partial charge is 0.376 e. The molecule has 180 valence electrons. The number of hydrogen-bond acceptors (Lipinski definition) is 6. The molecule has 0 amide bonds. The average molecular weight is 471 g/mol. The number of benzene rings is 2. The third kappa shape index (κ3) is 4.01. The Morgan fingerprint density at radius 1 is 1.17 bits per heavy atom. The monoisotopic (exact) mass is 470 g/mol. The van der Waals surface area contributed by atoms with Gasteiger partial charge in [0, 0.05) is 35.3 Å². The molecule has 8 heteroatoms. The number of aryl methyl sites for hydroxylation is 3. The van der Waals surface area contributed by atoms with E-state index in [1.807, 2.05) is 23.7 Å². The van der Waals surface area contributed by atoms with Crippen LogP contribution < -0.4 is 10.5 Å². The maximum Gasteiger partial charge on any atom is 0.254 e. The van der Waals surface area contributed by atoms with Crippen LogP contribution in [-0.4, -0.2) is 44.4 Å². The minimum atomic E-state index is -0.415. The van der Waals surface area contributed by atoms with Crippen LogP contribution >= 0.6 is 0 Å². The van der Waals surface area contributed by atoms with Crippen molar-refractivity contribution in [1.29, 1.82) is 0 Å². The molecule has 2 aliphatic rings. The molecule has 2 unspecified atom stereocenters. The summed E-state index contributed by atoms with van der Waals surface area (Å²) in [4.78, 5) is 19.1. The van der Waals surface area contributed by atoms with Crippen LogP contribution in [0, 0.1) is 13.8 Å². The number of H-pyrrole nitrogens is 1. The molecule has 0 radical (unpaired) electrons. The third-order valence-corrected chi connectivity index (χ3v) is 7.30. The summed E-state index contributed by atoms with van der Waals surface area (Å²) < 4.78 is 7.72. The van der Waals surface area contributed by atoms with Gasteiger partial charge in [-0.1, -0.05) is 24.3 Å². The molecule has 2 atom stereocenters. The van der Waals surface area contributed by atoms with Gasteiger partial charge >= 0.3 is 0 Å². The van der Waals surface area contributed by atoms with Crippen LogP contribution in [0.1, 0.15) is 53.4 Å². The Labute approximate surface area is 203 Å². The van der Waals surface area contributed by atoms with Crippen molar-refractivity contribution < 1.29 is 4.74 Å². The second-order valence-corrected chi connectivity index (χ2v) is 9.78. The number of tetrazole rings is 1. The van der Waals surface area contributed by atoms with Crippen molar-refractivity contribution in [3.63, 3.8) is 0 Å². The highest BCUT2D eigenvalue weighted by atomic mass is 16.5. The first-order valence-corrected chi connectivity index (χ1v) is 12.4. The molecule has 0 saturated carbocycles. The average Bonchev–Trinajstić information content (AvgIpc) is 3.53. The number of hydrogen-bond donors (Lipinski definition) is 1. The van der Waals surface area contributed by atoms with Gasteiger partial charge < -0.3 is 14.6 Å². The number of rotatable bonds is 5. The Morgan fingerprint density at radius 3 is 2.91 bits per heavy atom. The zero-order valence-corrected chi connectivity index (χ0v) is 20.2. The van der Waals surface area contributed by atoms with E-state index in [1.54, 1.807) is 0 Å². The van der Waals surface area contributed by atoms with E-state index in [-0.39, 0.29) is 11.7 Å². The van der Waals surface area contributed by atoms with Gasteiger partial charge in [0.25, 0.3) is 5.56 Å². The highest BCUT2D eigenvalue weighted by molar-refractivity contribution is 5.83. The zero-order valence-electron chi connectivity index (χ0n) is 20.2. The Kier molecular flexibility index (Phi) is 5.60. The van der Waals surface area contributed by atoms with E-state index in [0.717, 1.165) is 66.6 Å². The second kappa shape index (κ2) is 8.92. The van der Waals surface area contributed by atoms with Crippen molar-refractivity contribution in [2.45, 2.75) is 58.2 Å². The molecule has 4 aromatic rings. The topological polar surface area (TPSA) is 88.9 Å². The smallest absolute Gasteiger partial charge is 0.254 e. The van der Waals surface area contributed by atoms with Gasteiger partial charge in [-0.3, -0.25) is 4.79 Å². The molecule has 1 fully saturated rings. The molecule has 2 aromatic heterocycles. The lowest BCUT2D eigenvalue weighted by Crippen LogP contribution is -2.39. The fourth-order valence-corrected chi connectivity index (χ4v) is 5.69. The Hall–Kier alpha value is -3.52. The number of ether oxygens (including phenoxy) is 1. The summed E-state index contributed by atoms with van der Waals surface area (Å²) >= 11 is 0. The molecule has 1 N–H and O–H groups in total. The highest BCUT2D eigenvalue weighted by Gasteiger charge is 2.34. The number of fused-ring (bicyclic) bond motifs is 2. The molecule has 8 nitrogen and oxygen atoms in total. The van der Waals surface area contributed by atoms with Crippen molar-refractivity contribution in [2.75, 3.05) is 18.1 Å². The molecule has 6 rings (SSSR count). The number of nitrogens with zero attached hydrogens (tertiary/aromatic N) is 5. The fourth-order valence-electron chi connectivity index (χ4n) is 5.69. The van der Waals surface area contributed by atoms with Crippen molar-refractivity contribution >= 4 is 16.6 Å². The number of nitrogens with one attached hydrogen (secondary N) is 1. The normalized spacial score (nSPS) is 18.7. The summed E-state index contributed by atoms with van der Waals surface area (Å²) in [7, 11) is 0. The number of pyridine rings is 1.